The molecule has 2 aliphatic heterocycles. The molecule has 2 saturated heterocycles. The number of benzene rings is 3. The van der Waals surface area contributed by atoms with Crippen molar-refractivity contribution in [2.24, 2.45) is 0 Å². The molecule has 190 valence electrons. The molecule has 2 heterocycles. The van der Waals surface area contributed by atoms with E-state index in [1.165, 1.54) is 0 Å². The molecule has 3 aromatic carbocycles. The first-order valence-corrected chi connectivity index (χ1v) is 12.8. The van der Waals surface area contributed by atoms with E-state index in [9.17, 15) is 8.76 Å². The first-order chi connectivity index (χ1) is 17.7. The summed E-state index contributed by atoms with van der Waals surface area (Å²) in [7, 11) is 0. The number of hydrogen-bond donors (Lipinski definition) is 1. The highest BCUT2D eigenvalue weighted by Gasteiger charge is 2.52. The third-order valence-corrected chi connectivity index (χ3v) is 6.46. The summed E-state index contributed by atoms with van der Waals surface area (Å²) >= 11 is -2.58. The summed E-state index contributed by atoms with van der Waals surface area (Å²) < 4.78 is 57.3. The van der Waals surface area contributed by atoms with Crippen molar-refractivity contribution >= 4 is 11.4 Å². The fourth-order valence-corrected chi connectivity index (χ4v) is 4.70. The molecule has 0 aromatic heterocycles. The summed E-state index contributed by atoms with van der Waals surface area (Å²) in [5, 5.41) is 0. The Morgan fingerprint density at radius 1 is 0.778 bits per heavy atom. The second-order valence-electron chi connectivity index (χ2n) is 8.56. The fourth-order valence-electron chi connectivity index (χ4n) is 4.38. The van der Waals surface area contributed by atoms with Crippen molar-refractivity contribution in [3.63, 3.8) is 0 Å². The van der Waals surface area contributed by atoms with Gasteiger partial charge in [-0.1, -0.05) is 91.0 Å². The van der Waals surface area contributed by atoms with Gasteiger partial charge in [-0.05, 0) is 11.1 Å². The van der Waals surface area contributed by atoms with Crippen molar-refractivity contribution in [3.05, 3.63) is 108 Å². The maximum atomic E-state index is 11.6. The van der Waals surface area contributed by atoms with E-state index in [1.54, 1.807) is 0 Å². The van der Waals surface area contributed by atoms with E-state index in [1.807, 2.05) is 91.0 Å². The largest absolute Gasteiger partial charge is 0.368 e. The number of fused-ring (bicyclic) bond motifs is 1. The quantitative estimate of drug-likeness (QED) is 0.428. The molecule has 0 saturated carbocycles. The molecule has 0 aliphatic carbocycles. The molecule has 0 bridgehead atoms. The molecular weight excluding hydrogens is 484 g/mol. The number of ether oxygens (including phenoxy) is 5. The van der Waals surface area contributed by atoms with Crippen LogP contribution in [0.2, 0.25) is 0 Å². The van der Waals surface area contributed by atoms with Crippen LogP contribution < -0.4 is 0 Å². The SMILES string of the molecule is O=S(O)O[C@@H]1O[C@@H]2COC(c3ccccc3)O[C@H]2[C@H](OCc2ccccc2)[C@H]1OCc1ccccc1. The van der Waals surface area contributed by atoms with Crippen molar-refractivity contribution in [2.75, 3.05) is 6.61 Å². The van der Waals surface area contributed by atoms with E-state index < -0.39 is 48.4 Å². The van der Waals surface area contributed by atoms with Gasteiger partial charge in [-0.2, -0.15) is 4.21 Å². The van der Waals surface area contributed by atoms with E-state index in [2.05, 4.69) is 0 Å². The lowest BCUT2D eigenvalue weighted by Crippen LogP contribution is -2.63. The monoisotopic (exact) mass is 512 g/mol. The van der Waals surface area contributed by atoms with Crippen molar-refractivity contribution in [2.45, 2.75) is 50.2 Å². The second kappa shape index (κ2) is 12.2. The van der Waals surface area contributed by atoms with Crippen LogP contribution in [0.5, 0.6) is 0 Å². The van der Waals surface area contributed by atoms with Gasteiger partial charge in [0.25, 0.3) is 0 Å². The molecule has 1 N–H and O–H groups in total. The standard InChI is InChI=1S/C27H28O8S/c28-36(29)35-27-25(31-17-20-12-6-2-7-13-20)24(30-16-19-10-4-1-5-11-19)23-22(33-27)18-32-26(34-23)21-14-8-3-9-15-21/h1-15,22-27H,16-18H2,(H,28,29)/t22-,23-,24+,25-,26?,27+/m1/s1. The third kappa shape index (κ3) is 6.26. The Morgan fingerprint density at radius 2 is 1.33 bits per heavy atom. The molecule has 2 aliphatic rings. The van der Waals surface area contributed by atoms with Crippen LogP contribution in [-0.2, 0) is 52.4 Å². The fraction of sp³-hybridized carbons (Fsp3) is 0.333. The van der Waals surface area contributed by atoms with Crippen molar-refractivity contribution in [1.82, 2.24) is 0 Å². The second-order valence-corrected chi connectivity index (χ2v) is 9.18. The van der Waals surface area contributed by atoms with Gasteiger partial charge in [0.1, 0.15) is 24.4 Å². The zero-order valence-corrected chi connectivity index (χ0v) is 20.3. The summed E-state index contributed by atoms with van der Waals surface area (Å²) in [6.07, 6.45) is -4.45. The topological polar surface area (TPSA) is 92.7 Å². The minimum absolute atomic E-state index is 0.193. The minimum Gasteiger partial charge on any atom is -0.368 e. The molecule has 8 nitrogen and oxygen atoms in total. The molecule has 0 amide bonds. The first-order valence-electron chi connectivity index (χ1n) is 11.7. The molecule has 5 rings (SSSR count). The molecule has 0 spiro atoms. The highest BCUT2D eigenvalue weighted by Crippen LogP contribution is 2.37. The van der Waals surface area contributed by atoms with Crippen LogP contribution in [0.4, 0.5) is 0 Å². The normalized spacial score (nSPS) is 28.8. The molecule has 3 aromatic rings. The summed E-state index contributed by atoms with van der Waals surface area (Å²) in [6, 6.07) is 29.0. The minimum atomic E-state index is -2.58. The summed E-state index contributed by atoms with van der Waals surface area (Å²) in [6.45, 7) is 0.710. The van der Waals surface area contributed by atoms with Gasteiger partial charge in [0.05, 0.1) is 19.8 Å². The van der Waals surface area contributed by atoms with Gasteiger partial charge in [0.2, 0.25) is 6.29 Å². The van der Waals surface area contributed by atoms with E-state index in [-0.39, 0.29) is 19.8 Å². The Hall–Kier alpha value is -2.47. The van der Waals surface area contributed by atoms with Crippen LogP contribution in [0.3, 0.4) is 0 Å². The first kappa shape index (κ1) is 25.2. The van der Waals surface area contributed by atoms with E-state index in [4.69, 9.17) is 27.9 Å². The smallest absolute Gasteiger partial charge is 0.304 e. The highest BCUT2D eigenvalue weighted by molar-refractivity contribution is 7.74. The van der Waals surface area contributed by atoms with Crippen LogP contribution in [0, 0.1) is 0 Å². The lowest BCUT2D eigenvalue weighted by molar-refractivity contribution is -0.361. The van der Waals surface area contributed by atoms with Gasteiger partial charge in [-0.25, -0.2) is 4.18 Å². The Balaban J connectivity index is 1.42. The predicted octanol–water partition coefficient (Wildman–Crippen LogP) is 4.15. The molecule has 9 heteroatoms. The van der Waals surface area contributed by atoms with Gasteiger partial charge in [-0.3, -0.25) is 4.55 Å². The van der Waals surface area contributed by atoms with Crippen LogP contribution in [-0.4, -0.2) is 46.1 Å². The average molecular weight is 513 g/mol. The zero-order valence-electron chi connectivity index (χ0n) is 19.5. The van der Waals surface area contributed by atoms with Crippen molar-refractivity contribution in [3.8, 4) is 0 Å². The highest BCUT2D eigenvalue weighted by atomic mass is 32.2. The summed E-state index contributed by atoms with van der Waals surface area (Å²) in [5.41, 5.74) is 2.77. The summed E-state index contributed by atoms with van der Waals surface area (Å²) in [4.78, 5) is 0. The number of hydrogen-bond acceptors (Lipinski definition) is 7. The molecule has 7 atom stereocenters. The van der Waals surface area contributed by atoms with Gasteiger partial charge < -0.3 is 23.7 Å². The van der Waals surface area contributed by atoms with E-state index in [0.29, 0.717) is 0 Å². The third-order valence-electron chi connectivity index (χ3n) is 6.10. The van der Waals surface area contributed by atoms with Crippen LogP contribution in [0.25, 0.3) is 0 Å². The average Bonchev–Trinajstić information content (AvgIpc) is 2.92. The van der Waals surface area contributed by atoms with Crippen LogP contribution in [0.15, 0.2) is 91.0 Å². The lowest BCUT2D eigenvalue weighted by atomic mass is 9.97. The van der Waals surface area contributed by atoms with E-state index in [0.717, 1.165) is 16.7 Å². The van der Waals surface area contributed by atoms with Gasteiger partial charge >= 0.3 is 11.4 Å². The van der Waals surface area contributed by atoms with Crippen molar-refractivity contribution < 1.29 is 36.6 Å². The number of rotatable bonds is 9. The lowest BCUT2D eigenvalue weighted by Gasteiger charge is -2.48. The summed E-state index contributed by atoms with van der Waals surface area (Å²) in [5.74, 6) is 0. The zero-order chi connectivity index (χ0) is 24.7. The molecular formula is C27H28O8S. The van der Waals surface area contributed by atoms with E-state index >= 15 is 0 Å². The predicted molar refractivity (Wildman–Crippen MR) is 131 cm³/mol. The Labute approximate surface area is 212 Å². The molecule has 2 fully saturated rings. The van der Waals surface area contributed by atoms with Crippen LogP contribution >= 0.6 is 0 Å². The maximum Gasteiger partial charge on any atom is 0.304 e. The van der Waals surface area contributed by atoms with Gasteiger partial charge in [0.15, 0.2) is 6.29 Å². The van der Waals surface area contributed by atoms with Gasteiger partial charge in [0, 0.05) is 5.56 Å². The molecule has 0 radical (unpaired) electrons. The Kier molecular flexibility index (Phi) is 8.52. The molecule has 2 unspecified atom stereocenters. The molecule has 36 heavy (non-hydrogen) atoms. The maximum absolute atomic E-state index is 11.6. The Morgan fingerprint density at radius 3 is 1.92 bits per heavy atom. The van der Waals surface area contributed by atoms with Crippen LogP contribution in [0.1, 0.15) is 23.0 Å². The van der Waals surface area contributed by atoms with Crippen molar-refractivity contribution in [1.29, 1.82) is 0 Å². The van der Waals surface area contributed by atoms with Gasteiger partial charge in [-0.15, -0.1) is 0 Å². The Bertz CT molecular complexity index is 1100.